The van der Waals surface area contributed by atoms with Crippen LogP contribution in [0, 0.1) is 0 Å². The molecule has 1 aromatic heterocycles. The fourth-order valence-electron chi connectivity index (χ4n) is 3.50. The third kappa shape index (κ3) is 4.37. The zero-order valence-corrected chi connectivity index (χ0v) is 17.0. The van der Waals surface area contributed by atoms with Crippen molar-refractivity contribution < 1.29 is 9.53 Å². The number of benzene rings is 2. The zero-order valence-electron chi connectivity index (χ0n) is 15.4. The molecule has 144 valence electrons. The summed E-state index contributed by atoms with van der Waals surface area (Å²) in [6, 6.07) is 15.7. The lowest BCUT2D eigenvalue weighted by molar-refractivity contribution is -0.134. The van der Waals surface area contributed by atoms with Gasteiger partial charge in [-0.2, -0.15) is 0 Å². The van der Waals surface area contributed by atoms with Crippen LogP contribution in [-0.2, 0) is 4.79 Å². The third-order valence-corrected chi connectivity index (χ3v) is 6.20. The van der Waals surface area contributed by atoms with Crippen LogP contribution >= 0.6 is 22.9 Å². The van der Waals surface area contributed by atoms with E-state index in [-0.39, 0.29) is 12.5 Å². The highest BCUT2D eigenvalue weighted by atomic mass is 35.5. The minimum absolute atomic E-state index is 0.00497. The lowest BCUT2D eigenvalue weighted by Gasteiger charge is -2.31. The summed E-state index contributed by atoms with van der Waals surface area (Å²) in [5.74, 6) is 0.846. The summed E-state index contributed by atoms with van der Waals surface area (Å²) < 4.78 is 5.73. The average Bonchev–Trinajstić information content (AvgIpc) is 3.28. The largest absolute Gasteiger partial charge is 0.482 e. The number of carbonyl (C=O) groups excluding carboxylic acids is 1. The number of amides is 1. The third-order valence-electron chi connectivity index (χ3n) is 4.96. The highest BCUT2D eigenvalue weighted by Gasteiger charge is 2.26. The maximum absolute atomic E-state index is 12.6. The maximum atomic E-state index is 12.6. The van der Waals surface area contributed by atoms with Crippen LogP contribution in [0.25, 0.3) is 11.1 Å². The second-order valence-electron chi connectivity index (χ2n) is 6.85. The number of halogens is 1. The number of rotatable bonds is 5. The Morgan fingerprint density at radius 1 is 1.21 bits per heavy atom. The predicted molar refractivity (Wildman–Crippen MR) is 113 cm³/mol. The lowest BCUT2D eigenvalue weighted by atomic mass is 9.99. The van der Waals surface area contributed by atoms with Gasteiger partial charge in [-0.1, -0.05) is 48.0 Å². The summed E-state index contributed by atoms with van der Waals surface area (Å²) in [5.41, 5.74) is 2.11. The van der Waals surface area contributed by atoms with Crippen molar-refractivity contribution in [3.05, 3.63) is 70.1 Å². The molecule has 2 heterocycles. The number of aromatic nitrogens is 1. The molecule has 4 rings (SSSR count). The Morgan fingerprint density at radius 2 is 2.07 bits per heavy atom. The Kier molecular flexibility index (Phi) is 5.93. The molecule has 4 nitrogen and oxygen atoms in total. The molecule has 1 aliphatic rings. The molecule has 28 heavy (non-hydrogen) atoms. The maximum Gasteiger partial charge on any atom is 0.260 e. The monoisotopic (exact) mass is 412 g/mol. The molecule has 1 fully saturated rings. The van der Waals surface area contributed by atoms with Gasteiger partial charge in [-0.05, 0) is 36.1 Å². The molecule has 0 radical (unpaired) electrons. The SMILES string of the molecule is O=C(COc1ccc(-c2ccccc2)cc1Cl)N1CCCC(c2nccs2)C1. The summed E-state index contributed by atoms with van der Waals surface area (Å²) in [6.45, 7) is 1.47. The van der Waals surface area contributed by atoms with E-state index in [1.807, 2.05) is 65.0 Å². The first-order valence-electron chi connectivity index (χ1n) is 9.35. The van der Waals surface area contributed by atoms with Crippen LogP contribution < -0.4 is 4.74 Å². The summed E-state index contributed by atoms with van der Waals surface area (Å²) in [6.07, 6.45) is 3.89. The topological polar surface area (TPSA) is 42.4 Å². The van der Waals surface area contributed by atoms with Crippen LogP contribution in [0.5, 0.6) is 5.75 Å². The van der Waals surface area contributed by atoms with Crippen molar-refractivity contribution in [2.75, 3.05) is 19.7 Å². The van der Waals surface area contributed by atoms with E-state index in [2.05, 4.69) is 4.98 Å². The van der Waals surface area contributed by atoms with Gasteiger partial charge < -0.3 is 9.64 Å². The molecule has 0 saturated carbocycles. The number of piperidine rings is 1. The molecular formula is C22H21ClN2O2S. The van der Waals surface area contributed by atoms with Gasteiger partial charge in [0.2, 0.25) is 0 Å². The second-order valence-corrected chi connectivity index (χ2v) is 8.18. The highest BCUT2D eigenvalue weighted by Crippen LogP contribution is 2.31. The van der Waals surface area contributed by atoms with Gasteiger partial charge in [-0.25, -0.2) is 4.98 Å². The van der Waals surface area contributed by atoms with Gasteiger partial charge in [-0.3, -0.25) is 4.79 Å². The standard InChI is InChI=1S/C22H21ClN2O2S/c23-19-13-17(16-5-2-1-3-6-16)8-9-20(19)27-15-21(26)25-11-4-7-18(14-25)22-24-10-12-28-22/h1-3,5-6,8-10,12-13,18H,4,7,11,14-15H2. The van der Waals surface area contributed by atoms with Crippen LogP contribution in [0.15, 0.2) is 60.1 Å². The van der Waals surface area contributed by atoms with Crippen molar-refractivity contribution in [3.63, 3.8) is 0 Å². The molecule has 2 aromatic carbocycles. The quantitative estimate of drug-likeness (QED) is 0.574. The summed E-state index contributed by atoms with van der Waals surface area (Å²) in [4.78, 5) is 18.9. The van der Waals surface area contributed by atoms with Gasteiger partial charge in [0.1, 0.15) is 5.75 Å². The van der Waals surface area contributed by atoms with Crippen molar-refractivity contribution in [3.8, 4) is 16.9 Å². The zero-order chi connectivity index (χ0) is 19.3. The van der Waals surface area contributed by atoms with Crippen molar-refractivity contribution in [2.24, 2.45) is 0 Å². The van der Waals surface area contributed by atoms with Crippen LogP contribution in [0.1, 0.15) is 23.8 Å². The molecule has 0 spiro atoms. The molecule has 0 aliphatic carbocycles. The van der Waals surface area contributed by atoms with Gasteiger partial charge in [0.05, 0.1) is 10.0 Å². The Bertz CT molecular complexity index is 931. The molecule has 6 heteroatoms. The number of nitrogens with zero attached hydrogens (tertiary/aromatic N) is 2. The first-order valence-corrected chi connectivity index (χ1v) is 10.6. The van der Waals surface area contributed by atoms with Gasteiger partial charge >= 0.3 is 0 Å². The number of hydrogen-bond donors (Lipinski definition) is 0. The number of hydrogen-bond acceptors (Lipinski definition) is 4. The minimum Gasteiger partial charge on any atom is -0.482 e. The fraction of sp³-hybridized carbons (Fsp3) is 0.273. The van der Waals surface area contributed by atoms with Gasteiger partial charge in [-0.15, -0.1) is 11.3 Å². The van der Waals surface area contributed by atoms with Crippen LogP contribution in [0.3, 0.4) is 0 Å². The Morgan fingerprint density at radius 3 is 2.82 bits per heavy atom. The highest BCUT2D eigenvalue weighted by molar-refractivity contribution is 7.09. The summed E-state index contributed by atoms with van der Waals surface area (Å²) in [7, 11) is 0. The van der Waals surface area contributed by atoms with Crippen LogP contribution in [-0.4, -0.2) is 35.5 Å². The van der Waals surface area contributed by atoms with Crippen molar-refractivity contribution >= 4 is 28.8 Å². The summed E-state index contributed by atoms with van der Waals surface area (Å²) >= 11 is 8.04. The molecule has 0 bridgehead atoms. The van der Waals surface area contributed by atoms with Gasteiger partial charge in [0, 0.05) is 30.6 Å². The smallest absolute Gasteiger partial charge is 0.260 e. The van der Waals surface area contributed by atoms with E-state index in [0.717, 1.165) is 35.5 Å². The minimum atomic E-state index is -0.00976. The molecule has 1 aliphatic heterocycles. The molecule has 0 N–H and O–H groups in total. The van der Waals surface area contributed by atoms with Crippen LogP contribution in [0.4, 0.5) is 0 Å². The number of ether oxygens (including phenoxy) is 1. The normalized spacial score (nSPS) is 16.8. The fourth-order valence-corrected chi connectivity index (χ4v) is 4.50. The van der Waals surface area contributed by atoms with Crippen molar-refractivity contribution in [1.82, 2.24) is 9.88 Å². The van der Waals surface area contributed by atoms with E-state index in [1.54, 1.807) is 11.3 Å². The number of thiazole rings is 1. The first kappa shape index (κ1) is 19.0. The van der Waals surface area contributed by atoms with E-state index in [4.69, 9.17) is 16.3 Å². The molecule has 3 aromatic rings. The molecule has 1 saturated heterocycles. The molecular weight excluding hydrogens is 392 g/mol. The van der Waals surface area contributed by atoms with E-state index in [9.17, 15) is 4.79 Å². The number of likely N-dealkylation sites (tertiary alicyclic amines) is 1. The molecule has 1 atom stereocenters. The predicted octanol–water partition coefficient (Wildman–Crippen LogP) is 5.25. The Balaban J connectivity index is 1.37. The lowest BCUT2D eigenvalue weighted by Crippen LogP contribution is -2.41. The van der Waals surface area contributed by atoms with E-state index < -0.39 is 0 Å². The first-order chi connectivity index (χ1) is 13.7. The van der Waals surface area contributed by atoms with Crippen molar-refractivity contribution in [1.29, 1.82) is 0 Å². The Labute approximate surface area is 173 Å². The van der Waals surface area contributed by atoms with Gasteiger partial charge in [0.25, 0.3) is 5.91 Å². The number of carbonyl (C=O) groups is 1. The van der Waals surface area contributed by atoms with Gasteiger partial charge in [0.15, 0.2) is 6.61 Å². The van der Waals surface area contributed by atoms with E-state index >= 15 is 0 Å². The van der Waals surface area contributed by atoms with E-state index in [1.165, 1.54) is 0 Å². The second kappa shape index (κ2) is 8.76. The average molecular weight is 413 g/mol. The molecule has 1 amide bonds. The Hall–Kier alpha value is -2.37. The van der Waals surface area contributed by atoms with E-state index in [0.29, 0.717) is 23.2 Å². The summed E-state index contributed by atoms with van der Waals surface area (Å²) in [5, 5.41) is 3.60. The van der Waals surface area contributed by atoms with Crippen molar-refractivity contribution in [2.45, 2.75) is 18.8 Å². The molecule has 1 unspecified atom stereocenters. The van der Waals surface area contributed by atoms with Crippen LogP contribution in [0.2, 0.25) is 5.02 Å².